The number of carbonyl (C=O) groups excluding carboxylic acids is 1. The maximum Gasteiger partial charge on any atom is 0.338 e. The molecule has 0 spiro atoms. The minimum Gasteiger partial charge on any atom is -0.423 e. The van der Waals surface area contributed by atoms with Crippen LogP contribution < -0.4 is 4.74 Å². The Morgan fingerprint density at radius 2 is 2.00 bits per heavy atom. The SMILES string of the molecule is C=C(C)C(=O)Oc1ccccc1CCCCC. The van der Waals surface area contributed by atoms with Crippen LogP contribution in [0.2, 0.25) is 0 Å². The average Bonchev–Trinajstić information content (AvgIpc) is 2.31. The zero-order valence-electron chi connectivity index (χ0n) is 10.7. The van der Waals surface area contributed by atoms with E-state index in [1.165, 1.54) is 12.8 Å². The van der Waals surface area contributed by atoms with E-state index >= 15 is 0 Å². The minimum absolute atomic E-state index is 0.354. The zero-order valence-corrected chi connectivity index (χ0v) is 10.7. The fourth-order valence-electron chi connectivity index (χ4n) is 1.56. The Balaban J connectivity index is 2.70. The van der Waals surface area contributed by atoms with Gasteiger partial charge in [-0.1, -0.05) is 44.5 Å². The van der Waals surface area contributed by atoms with Gasteiger partial charge in [0.15, 0.2) is 0 Å². The molecule has 0 heterocycles. The Bertz CT molecular complexity index is 394. The number of hydrogen-bond donors (Lipinski definition) is 0. The van der Waals surface area contributed by atoms with Crippen molar-refractivity contribution in [2.24, 2.45) is 0 Å². The van der Waals surface area contributed by atoms with Crippen LogP contribution >= 0.6 is 0 Å². The van der Waals surface area contributed by atoms with Crippen molar-refractivity contribution >= 4 is 5.97 Å². The first kappa shape index (κ1) is 13.5. The fraction of sp³-hybridized carbons (Fsp3) is 0.400. The van der Waals surface area contributed by atoms with E-state index in [1.54, 1.807) is 6.92 Å². The van der Waals surface area contributed by atoms with Crippen molar-refractivity contribution in [1.29, 1.82) is 0 Å². The molecule has 0 N–H and O–H groups in total. The van der Waals surface area contributed by atoms with Crippen LogP contribution in [-0.2, 0) is 11.2 Å². The second-order valence-corrected chi connectivity index (χ2v) is 4.23. The summed E-state index contributed by atoms with van der Waals surface area (Å²) in [6.45, 7) is 7.41. The third kappa shape index (κ3) is 4.43. The predicted molar refractivity (Wildman–Crippen MR) is 70.1 cm³/mol. The lowest BCUT2D eigenvalue weighted by molar-refractivity contribution is -0.130. The summed E-state index contributed by atoms with van der Waals surface area (Å²) in [5.74, 6) is 0.310. The first-order chi connectivity index (χ1) is 8.15. The number of esters is 1. The molecule has 0 aliphatic heterocycles. The van der Waals surface area contributed by atoms with Crippen molar-refractivity contribution in [2.75, 3.05) is 0 Å². The fourth-order valence-corrected chi connectivity index (χ4v) is 1.56. The van der Waals surface area contributed by atoms with Crippen molar-refractivity contribution in [1.82, 2.24) is 0 Å². The lowest BCUT2D eigenvalue weighted by Crippen LogP contribution is -2.09. The Kier molecular flexibility index (Phi) is 5.47. The summed E-state index contributed by atoms with van der Waals surface area (Å²) in [6, 6.07) is 7.70. The highest BCUT2D eigenvalue weighted by atomic mass is 16.5. The molecule has 0 aromatic heterocycles. The van der Waals surface area contributed by atoms with E-state index in [4.69, 9.17) is 4.74 Å². The topological polar surface area (TPSA) is 26.3 Å². The van der Waals surface area contributed by atoms with Crippen LogP contribution in [0.3, 0.4) is 0 Å². The van der Waals surface area contributed by atoms with E-state index in [-0.39, 0.29) is 5.97 Å². The Labute approximate surface area is 103 Å². The van der Waals surface area contributed by atoms with Gasteiger partial charge < -0.3 is 4.74 Å². The van der Waals surface area contributed by atoms with Crippen LogP contribution in [0.5, 0.6) is 5.75 Å². The lowest BCUT2D eigenvalue weighted by atomic mass is 10.1. The van der Waals surface area contributed by atoms with E-state index < -0.39 is 0 Å². The van der Waals surface area contributed by atoms with Crippen LogP contribution in [-0.4, -0.2) is 5.97 Å². The summed E-state index contributed by atoms with van der Waals surface area (Å²) in [7, 11) is 0. The van der Waals surface area contributed by atoms with Crippen molar-refractivity contribution in [3.8, 4) is 5.75 Å². The summed E-state index contributed by atoms with van der Waals surface area (Å²) in [4.78, 5) is 11.5. The summed E-state index contributed by atoms with van der Waals surface area (Å²) in [5.41, 5.74) is 1.52. The number of benzene rings is 1. The number of unbranched alkanes of at least 4 members (excludes halogenated alkanes) is 2. The molecule has 92 valence electrons. The highest BCUT2D eigenvalue weighted by Gasteiger charge is 2.08. The van der Waals surface area contributed by atoms with Gasteiger partial charge in [-0.25, -0.2) is 4.79 Å². The minimum atomic E-state index is -0.354. The van der Waals surface area contributed by atoms with Gasteiger partial charge in [0, 0.05) is 5.57 Å². The molecule has 0 atom stereocenters. The number of rotatable bonds is 6. The highest BCUT2D eigenvalue weighted by molar-refractivity contribution is 5.88. The molecular weight excluding hydrogens is 212 g/mol. The van der Waals surface area contributed by atoms with E-state index in [1.807, 2.05) is 24.3 Å². The number of aryl methyl sites for hydroxylation is 1. The van der Waals surface area contributed by atoms with Gasteiger partial charge in [0.2, 0.25) is 0 Å². The second kappa shape index (κ2) is 6.89. The molecule has 0 radical (unpaired) electrons. The number of para-hydroxylation sites is 1. The molecule has 0 aliphatic rings. The molecule has 17 heavy (non-hydrogen) atoms. The number of carbonyl (C=O) groups is 1. The maximum atomic E-state index is 11.5. The van der Waals surface area contributed by atoms with Crippen molar-refractivity contribution < 1.29 is 9.53 Å². The molecule has 0 bridgehead atoms. The number of ether oxygens (including phenoxy) is 1. The molecule has 2 nitrogen and oxygen atoms in total. The standard InChI is InChI=1S/C15H20O2/c1-4-5-6-9-13-10-7-8-11-14(13)17-15(16)12(2)3/h7-8,10-11H,2,4-6,9H2,1,3H3. The van der Waals surface area contributed by atoms with Gasteiger partial charge in [-0.15, -0.1) is 0 Å². The van der Waals surface area contributed by atoms with Gasteiger partial charge in [0.1, 0.15) is 5.75 Å². The van der Waals surface area contributed by atoms with Crippen molar-refractivity contribution in [3.05, 3.63) is 42.0 Å². The molecule has 1 aromatic rings. The second-order valence-electron chi connectivity index (χ2n) is 4.23. The summed E-state index contributed by atoms with van der Waals surface area (Å²) < 4.78 is 5.30. The third-order valence-electron chi connectivity index (χ3n) is 2.57. The smallest absolute Gasteiger partial charge is 0.338 e. The van der Waals surface area contributed by atoms with Gasteiger partial charge in [0.05, 0.1) is 0 Å². The molecular formula is C15H20O2. The third-order valence-corrected chi connectivity index (χ3v) is 2.57. The van der Waals surface area contributed by atoms with Crippen molar-refractivity contribution in [3.63, 3.8) is 0 Å². The Hall–Kier alpha value is -1.57. The summed E-state index contributed by atoms with van der Waals surface area (Å²) in [6.07, 6.45) is 4.46. The first-order valence-corrected chi connectivity index (χ1v) is 6.10. The molecule has 0 saturated heterocycles. The molecule has 0 amide bonds. The largest absolute Gasteiger partial charge is 0.423 e. The Morgan fingerprint density at radius 1 is 1.29 bits per heavy atom. The van der Waals surface area contributed by atoms with Crippen LogP contribution in [0.1, 0.15) is 38.7 Å². The normalized spacial score (nSPS) is 10.0. The Morgan fingerprint density at radius 3 is 2.65 bits per heavy atom. The molecule has 2 heteroatoms. The lowest BCUT2D eigenvalue weighted by Gasteiger charge is -2.09. The van der Waals surface area contributed by atoms with Gasteiger partial charge in [-0.2, -0.15) is 0 Å². The van der Waals surface area contributed by atoms with E-state index in [0.29, 0.717) is 11.3 Å². The summed E-state index contributed by atoms with van der Waals surface area (Å²) >= 11 is 0. The van der Waals surface area contributed by atoms with Gasteiger partial charge in [-0.3, -0.25) is 0 Å². The number of hydrogen-bond acceptors (Lipinski definition) is 2. The van der Waals surface area contributed by atoms with Gasteiger partial charge in [-0.05, 0) is 31.4 Å². The quantitative estimate of drug-likeness (QED) is 0.322. The first-order valence-electron chi connectivity index (χ1n) is 6.10. The van der Waals surface area contributed by atoms with Crippen LogP contribution in [0, 0.1) is 0 Å². The zero-order chi connectivity index (χ0) is 12.7. The highest BCUT2D eigenvalue weighted by Crippen LogP contribution is 2.21. The molecule has 0 fully saturated rings. The van der Waals surface area contributed by atoms with E-state index in [2.05, 4.69) is 13.5 Å². The van der Waals surface area contributed by atoms with Gasteiger partial charge >= 0.3 is 5.97 Å². The molecule has 1 aromatic carbocycles. The molecule has 0 unspecified atom stereocenters. The molecule has 1 rings (SSSR count). The van der Waals surface area contributed by atoms with Crippen LogP contribution in [0.15, 0.2) is 36.4 Å². The van der Waals surface area contributed by atoms with Gasteiger partial charge in [0.25, 0.3) is 0 Å². The van der Waals surface area contributed by atoms with Crippen LogP contribution in [0.25, 0.3) is 0 Å². The van der Waals surface area contributed by atoms with Crippen molar-refractivity contribution in [2.45, 2.75) is 39.5 Å². The molecule has 0 aliphatic carbocycles. The average molecular weight is 232 g/mol. The van der Waals surface area contributed by atoms with E-state index in [9.17, 15) is 4.79 Å². The maximum absolute atomic E-state index is 11.5. The predicted octanol–water partition coefficient (Wildman–Crippen LogP) is 3.90. The summed E-state index contributed by atoms with van der Waals surface area (Å²) in [5, 5.41) is 0. The monoisotopic (exact) mass is 232 g/mol. The van der Waals surface area contributed by atoms with Crippen LogP contribution in [0.4, 0.5) is 0 Å². The van der Waals surface area contributed by atoms with E-state index in [0.717, 1.165) is 18.4 Å². The molecule has 0 saturated carbocycles.